The second kappa shape index (κ2) is 10.0. The lowest BCUT2D eigenvalue weighted by molar-refractivity contribution is -0.809. The third kappa shape index (κ3) is 4.94. The number of quaternary nitrogens is 1. The standard InChI is InChI=1S/C27H26BrF3N4O4S/c1-3-35(22(13-16-8-9-16)33-15(2)24(35)26(32)36)14-17-10-11-21-19(12-17)23(28)25(39-21)18-6-4-5-7-20(18)34-40(37,38)27(29,30)31/h4-7,10-12,16,34H,3,8-9,13-14H2,1-2H3,(H-,32,36)/p+1. The summed E-state index contributed by atoms with van der Waals surface area (Å²) in [6.45, 7) is 4.79. The number of likely N-dealkylation sites (N-methyl/N-ethyl adjacent to an activating group) is 1. The van der Waals surface area contributed by atoms with Crippen LogP contribution in [-0.4, -0.2) is 36.7 Å². The van der Waals surface area contributed by atoms with Crippen molar-refractivity contribution in [1.82, 2.24) is 0 Å². The maximum absolute atomic E-state index is 13.0. The number of fused-ring (bicyclic) bond motifs is 1. The predicted octanol–water partition coefficient (Wildman–Crippen LogP) is 6.39. The molecular formula is C27H27BrF3N4O4S+. The van der Waals surface area contributed by atoms with Crippen molar-refractivity contribution in [2.24, 2.45) is 16.6 Å². The van der Waals surface area contributed by atoms with Crippen molar-refractivity contribution in [3.05, 3.63) is 63.9 Å². The number of nitrogens with zero attached hydrogens (tertiary/aromatic N) is 2. The van der Waals surface area contributed by atoms with Gasteiger partial charge in [0.15, 0.2) is 5.76 Å². The van der Waals surface area contributed by atoms with Crippen LogP contribution in [-0.2, 0) is 21.4 Å². The van der Waals surface area contributed by atoms with Gasteiger partial charge in [-0.3, -0.25) is 9.52 Å². The Morgan fingerprint density at radius 1 is 1.23 bits per heavy atom. The molecule has 0 saturated heterocycles. The molecule has 1 aliphatic carbocycles. The fourth-order valence-electron chi connectivity index (χ4n) is 5.26. The predicted molar refractivity (Wildman–Crippen MR) is 149 cm³/mol. The van der Waals surface area contributed by atoms with Gasteiger partial charge in [-0.05, 0) is 78.9 Å². The van der Waals surface area contributed by atoms with Gasteiger partial charge < -0.3 is 10.2 Å². The summed E-state index contributed by atoms with van der Waals surface area (Å²) in [4.78, 5) is 17.4. The van der Waals surface area contributed by atoms with Gasteiger partial charge in [-0.15, -0.1) is 0 Å². The summed E-state index contributed by atoms with van der Waals surface area (Å²) in [5.74, 6) is 1.11. The Morgan fingerprint density at radius 2 is 1.93 bits per heavy atom. The van der Waals surface area contributed by atoms with Gasteiger partial charge in [-0.1, -0.05) is 12.1 Å². The van der Waals surface area contributed by atoms with E-state index in [2.05, 4.69) is 15.9 Å². The average molecular weight is 641 g/mol. The minimum absolute atomic E-state index is 0.130. The molecule has 1 aromatic heterocycles. The number of halogens is 4. The topological polar surface area (TPSA) is 115 Å². The van der Waals surface area contributed by atoms with E-state index >= 15 is 0 Å². The molecule has 1 fully saturated rings. The molecular weight excluding hydrogens is 613 g/mol. The number of amidine groups is 1. The van der Waals surface area contributed by atoms with Gasteiger partial charge in [0.05, 0.1) is 16.7 Å². The number of para-hydroxylation sites is 1. The van der Waals surface area contributed by atoms with E-state index in [1.165, 1.54) is 18.2 Å². The summed E-state index contributed by atoms with van der Waals surface area (Å²) in [5, 5.41) is 0.636. The number of benzene rings is 2. The number of primary amides is 1. The number of aliphatic imine (C=N–C) groups is 1. The number of carbonyl (C=O) groups excluding carboxylic acids is 1. The zero-order valence-electron chi connectivity index (χ0n) is 21.7. The van der Waals surface area contributed by atoms with Crippen LogP contribution in [0, 0.1) is 5.92 Å². The van der Waals surface area contributed by atoms with E-state index in [-0.39, 0.29) is 21.5 Å². The summed E-state index contributed by atoms with van der Waals surface area (Å²) in [6.07, 6.45) is 3.05. The van der Waals surface area contributed by atoms with Crippen LogP contribution in [0.1, 0.15) is 38.7 Å². The number of nitrogens with two attached hydrogens (primary N) is 1. The number of alkyl halides is 3. The van der Waals surface area contributed by atoms with Crippen molar-refractivity contribution in [2.45, 2.75) is 45.2 Å². The lowest BCUT2D eigenvalue weighted by Gasteiger charge is -2.35. The van der Waals surface area contributed by atoms with Gasteiger partial charge in [-0.2, -0.15) is 26.6 Å². The van der Waals surface area contributed by atoms with Crippen LogP contribution < -0.4 is 10.5 Å². The fourth-order valence-corrected chi connectivity index (χ4v) is 6.45. The van der Waals surface area contributed by atoms with Gasteiger partial charge in [0.25, 0.3) is 0 Å². The first-order valence-corrected chi connectivity index (χ1v) is 14.9. The van der Waals surface area contributed by atoms with Crippen molar-refractivity contribution in [1.29, 1.82) is 0 Å². The zero-order chi connectivity index (χ0) is 29.0. The van der Waals surface area contributed by atoms with Crippen molar-refractivity contribution >= 4 is 54.4 Å². The largest absolute Gasteiger partial charge is 0.516 e. The maximum atomic E-state index is 13.0. The van der Waals surface area contributed by atoms with Gasteiger partial charge in [0.1, 0.15) is 17.8 Å². The highest BCUT2D eigenvalue weighted by Gasteiger charge is 2.48. The van der Waals surface area contributed by atoms with Crippen molar-refractivity contribution in [3.8, 4) is 11.3 Å². The van der Waals surface area contributed by atoms with Gasteiger partial charge in [0, 0.05) is 22.9 Å². The highest BCUT2D eigenvalue weighted by Crippen LogP contribution is 2.43. The average Bonchev–Trinajstić information content (AvgIpc) is 3.58. The first-order valence-electron chi connectivity index (χ1n) is 12.6. The number of sulfonamides is 1. The number of hydrogen-bond acceptors (Lipinski definition) is 5. The fraction of sp³-hybridized carbons (Fsp3) is 0.333. The number of rotatable bonds is 9. The first kappa shape index (κ1) is 28.4. The molecule has 1 amide bonds. The number of hydrogen-bond donors (Lipinski definition) is 2. The Bertz CT molecular complexity index is 1690. The molecule has 1 saturated carbocycles. The molecule has 1 aliphatic heterocycles. The Morgan fingerprint density at radius 3 is 2.55 bits per heavy atom. The SMILES string of the molecule is CC[N+]1(Cc2ccc3oc(-c4ccccc4NS(=O)(=O)C(F)(F)F)c(Br)c3c2)C(CC2CC2)=NC(C)=C1C(N)=O. The molecule has 8 nitrogen and oxygen atoms in total. The van der Waals surface area contributed by atoms with E-state index in [0.717, 1.165) is 30.7 Å². The van der Waals surface area contributed by atoms with Gasteiger partial charge in [0.2, 0.25) is 11.5 Å². The molecule has 0 radical (unpaired) electrons. The lowest BCUT2D eigenvalue weighted by atomic mass is 10.1. The Kier molecular flexibility index (Phi) is 7.12. The minimum atomic E-state index is -5.64. The quantitative estimate of drug-likeness (QED) is 0.264. The van der Waals surface area contributed by atoms with Crippen LogP contribution >= 0.6 is 15.9 Å². The molecule has 0 bridgehead atoms. The van der Waals surface area contributed by atoms with Gasteiger partial charge in [-0.25, -0.2) is 4.48 Å². The lowest BCUT2D eigenvalue weighted by Crippen LogP contribution is -2.52. The summed E-state index contributed by atoms with van der Waals surface area (Å²) < 4.78 is 71.0. The summed E-state index contributed by atoms with van der Waals surface area (Å²) in [5.41, 5.74) is 2.61. The normalized spacial score (nSPS) is 19.8. The number of nitrogens with one attached hydrogen (secondary N) is 1. The third-order valence-electron chi connectivity index (χ3n) is 7.37. The smallest absolute Gasteiger partial charge is 0.455 e. The molecule has 5 rings (SSSR count). The van der Waals surface area contributed by atoms with Crippen LogP contribution in [0.5, 0.6) is 0 Å². The monoisotopic (exact) mass is 639 g/mol. The van der Waals surface area contributed by atoms with E-state index in [1.807, 2.05) is 19.1 Å². The highest BCUT2D eigenvalue weighted by atomic mass is 79.9. The van der Waals surface area contributed by atoms with Crippen LogP contribution in [0.2, 0.25) is 0 Å². The number of amides is 1. The van der Waals surface area contributed by atoms with Crippen LogP contribution in [0.4, 0.5) is 18.9 Å². The van der Waals surface area contributed by atoms with E-state index < -0.39 is 21.4 Å². The second-order valence-electron chi connectivity index (χ2n) is 10.1. The van der Waals surface area contributed by atoms with E-state index in [9.17, 15) is 26.4 Å². The summed E-state index contributed by atoms with van der Waals surface area (Å²) >= 11 is 3.51. The minimum Gasteiger partial charge on any atom is -0.455 e. The molecule has 2 heterocycles. The molecule has 1 atom stereocenters. The van der Waals surface area contributed by atoms with Crippen LogP contribution in [0.3, 0.4) is 0 Å². The van der Waals surface area contributed by atoms with E-state index in [1.54, 1.807) is 23.8 Å². The third-order valence-corrected chi connectivity index (χ3v) is 9.25. The molecule has 13 heteroatoms. The Hall–Kier alpha value is -3.16. The van der Waals surface area contributed by atoms with Crippen molar-refractivity contribution < 1.29 is 35.3 Å². The Balaban J connectivity index is 1.55. The molecule has 3 aromatic rings. The number of furan rings is 1. The van der Waals surface area contributed by atoms with Crippen molar-refractivity contribution in [3.63, 3.8) is 0 Å². The number of carbonyl (C=O) groups is 1. The number of allylic oxidation sites excluding steroid dienone is 1. The zero-order valence-corrected chi connectivity index (χ0v) is 24.1. The maximum Gasteiger partial charge on any atom is 0.516 e. The van der Waals surface area contributed by atoms with Crippen molar-refractivity contribution in [2.75, 3.05) is 11.3 Å². The molecule has 212 valence electrons. The molecule has 40 heavy (non-hydrogen) atoms. The molecule has 2 aromatic carbocycles. The molecule has 3 N–H and O–H groups in total. The van der Waals surface area contributed by atoms with E-state index in [0.29, 0.717) is 45.8 Å². The molecule has 0 spiro atoms. The number of anilines is 1. The highest BCUT2D eigenvalue weighted by molar-refractivity contribution is 9.10. The van der Waals surface area contributed by atoms with Crippen LogP contribution in [0.25, 0.3) is 22.3 Å². The second-order valence-corrected chi connectivity index (χ2v) is 12.6. The first-order chi connectivity index (χ1) is 18.8. The molecule has 1 unspecified atom stereocenters. The summed E-state index contributed by atoms with van der Waals surface area (Å²) in [6, 6.07) is 11.2. The van der Waals surface area contributed by atoms with Crippen LogP contribution in [0.15, 0.2) is 67.7 Å². The van der Waals surface area contributed by atoms with E-state index in [4.69, 9.17) is 15.1 Å². The summed E-state index contributed by atoms with van der Waals surface area (Å²) in [7, 11) is -5.64. The Labute approximate surface area is 237 Å². The molecule has 2 aliphatic rings. The van der Waals surface area contributed by atoms with Gasteiger partial charge >= 0.3 is 21.4 Å².